The Hall–Kier alpha value is -0.920. The van der Waals surface area contributed by atoms with E-state index in [0.717, 1.165) is 12.8 Å². The van der Waals surface area contributed by atoms with Gasteiger partial charge in [-0.3, -0.25) is 0 Å². The summed E-state index contributed by atoms with van der Waals surface area (Å²) in [7, 11) is -3.27. The van der Waals surface area contributed by atoms with E-state index in [1.165, 1.54) is 12.3 Å². The average Bonchev–Trinajstić information content (AvgIpc) is 2.45. The summed E-state index contributed by atoms with van der Waals surface area (Å²) < 4.78 is 40.2. The third-order valence-corrected chi connectivity index (χ3v) is 5.82. The minimum atomic E-state index is -3.27. The predicted octanol–water partition coefficient (Wildman–Crippen LogP) is 2.42. The number of hydrogen-bond acceptors (Lipinski definition) is 4. The van der Waals surface area contributed by atoms with Crippen LogP contribution in [0, 0.1) is 11.7 Å². The molecule has 1 aliphatic rings. The molecular formula is C14H21ClFN3O2S. The van der Waals surface area contributed by atoms with Crippen LogP contribution in [0.4, 0.5) is 10.2 Å². The Morgan fingerprint density at radius 3 is 2.91 bits per heavy atom. The van der Waals surface area contributed by atoms with Crippen LogP contribution in [0.1, 0.15) is 26.7 Å². The van der Waals surface area contributed by atoms with Gasteiger partial charge in [0.25, 0.3) is 0 Å². The van der Waals surface area contributed by atoms with Crippen molar-refractivity contribution in [2.75, 3.05) is 24.5 Å². The van der Waals surface area contributed by atoms with Crippen LogP contribution in [0.3, 0.4) is 0 Å². The maximum absolute atomic E-state index is 13.9. The summed E-state index contributed by atoms with van der Waals surface area (Å²) in [5, 5.41) is -0.193. The van der Waals surface area contributed by atoms with Crippen molar-refractivity contribution < 1.29 is 12.8 Å². The summed E-state index contributed by atoms with van der Waals surface area (Å²) in [6, 6.07) is 1.25. The number of anilines is 1. The summed E-state index contributed by atoms with van der Waals surface area (Å²) in [6.45, 7) is 4.93. The molecule has 1 aromatic heterocycles. The highest BCUT2D eigenvalue weighted by atomic mass is 35.5. The normalized spacial score (nSPS) is 19.7. The van der Waals surface area contributed by atoms with E-state index in [0.29, 0.717) is 19.6 Å². The van der Waals surface area contributed by atoms with E-state index < -0.39 is 21.1 Å². The van der Waals surface area contributed by atoms with E-state index in [2.05, 4.69) is 9.71 Å². The molecule has 1 atom stereocenters. The maximum atomic E-state index is 13.9. The summed E-state index contributed by atoms with van der Waals surface area (Å²) in [5.41, 5.74) is 0. The molecule has 0 saturated carbocycles. The van der Waals surface area contributed by atoms with Crippen LogP contribution in [-0.2, 0) is 10.0 Å². The molecule has 0 aliphatic carbocycles. The Kier molecular flexibility index (Phi) is 5.63. The van der Waals surface area contributed by atoms with E-state index in [1.54, 1.807) is 13.8 Å². The zero-order valence-electron chi connectivity index (χ0n) is 12.7. The molecule has 1 aromatic rings. The van der Waals surface area contributed by atoms with Crippen molar-refractivity contribution in [3.63, 3.8) is 0 Å². The van der Waals surface area contributed by atoms with Gasteiger partial charge < -0.3 is 4.90 Å². The molecule has 0 aromatic carbocycles. The van der Waals surface area contributed by atoms with Gasteiger partial charge in [-0.15, -0.1) is 0 Å². The number of sulfonamides is 1. The second-order valence-electron chi connectivity index (χ2n) is 5.86. The molecule has 22 heavy (non-hydrogen) atoms. The molecule has 1 N–H and O–H groups in total. The zero-order valence-corrected chi connectivity index (χ0v) is 14.3. The van der Waals surface area contributed by atoms with Crippen molar-refractivity contribution in [2.24, 2.45) is 5.92 Å². The highest BCUT2D eigenvalue weighted by molar-refractivity contribution is 7.90. The number of rotatable bonds is 5. The highest BCUT2D eigenvalue weighted by Crippen LogP contribution is 2.25. The van der Waals surface area contributed by atoms with Gasteiger partial charge in [-0.05, 0) is 38.7 Å². The smallest absolute Gasteiger partial charge is 0.213 e. The molecule has 0 amide bonds. The second-order valence-corrected chi connectivity index (χ2v) is 8.61. The first kappa shape index (κ1) is 17.4. The lowest BCUT2D eigenvalue weighted by molar-refractivity contribution is 0.405. The Bertz CT molecular complexity index is 625. The Balaban J connectivity index is 2.00. The second kappa shape index (κ2) is 7.10. The molecule has 1 aliphatic heterocycles. The number of aromatic nitrogens is 1. The van der Waals surface area contributed by atoms with Crippen LogP contribution in [0.25, 0.3) is 0 Å². The van der Waals surface area contributed by atoms with Gasteiger partial charge in [0.15, 0.2) is 11.6 Å². The standard InChI is InChI=1S/C14H21ClFN3O2S/c1-10(2)22(20,21)18-7-11-4-3-5-19(9-11)14-13(16)6-12(15)8-17-14/h6,8,10-11,18H,3-5,7,9H2,1-2H3. The topological polar surface area (TPSA) is 62.3 Å². The van der Waals surface area contributed by atoms with Gasteiger partial charge in [0.2, 0.25) is 10.0 Å². The molecule has 1 saturated heterocycles. The minimum Gasteiger partial charge on any atom is -0.354 e. The summed E-state index contributed by atoms with van der Waals surface area (Å²) in [4.78, 5) is 5.90. The van der Waals surface area contributed by atoms with Crippen molar-refractivity contribution in [3.8, 4) is 0 Å². The van der Waals surface area contributed by atoms with Crippen LogP contribution in [-0.4, -0.2) is 38.3 Å². The van der Waals surface area contributed by atoms with Gasteiger partial charge >= 0.3 is 0 Å². The fourth-order valence-electron chi connectivity index (χ4n) is 2.46. The van der Waals surface area contributed by atoms with E-state index >= 15 is 0 Å². The van der Waals surface area contributed by atoms with Gasteiger partial charge in [-0.1, -0.05) is 11.6 Å². The molecule has 0 radical (unpaired) electrons. The molecule has 5 nitrogen and oxygen atoms in total. The lowest BCUT2D eigenvalue weighted by Gasteiger charge is -2.33. The molecule has 124 valence electrons. The van der Waals surface area contributed by atoms with Crippen molar-refractivity contribution in [1.82, 2.24) is 9.71 Å². The van der Waals surface area contributed by atoms with Crippen LogP contribution in [0.2, 0.25) is 5.02 Å². The lowest BCUT2D eigenvalue weighted by Crippen LogP contribution is -2.42. The van der Waals surface area contributed by atoms with Gasteiger partial charge in [0.1, 0.15) is 0 Å². The average molecular weight is 350 g/mol. The van der Waals surface area contributed by atoms with Gasteiger partial charge in [-0.25, -0.2) is 22.5 Å². The number of piperidine rings is 1. The SMILES string of the molecule is CC(C)S(=O)(=O)NCC1CCCN(c2ncc(Cl)cc2F)C1. The molecule has 2 rings (SSSR count). The molecule has 0 spiro atoms. The highest BCUT2D eigenvalue weighted by Gasteiger charge is 2.25. The summed E-state index contributed by atoms with van der Waals surface area (Å²) in [5.74, 6) is -0.0316. The van der Waals surface area contributed by atoms with E-state index in [1.807, 2.05) is 4.90 Å². The third kappa shape index (κ3) is 4.30. The molecule has 8 heteroatoms. The number of pyridine rings is 1. The monoisotopic (exact) mass is 349 g/mol. The molecule has 2 heterocycles. The van der Waals surface area contributed by atoms with Crippen molar-refractivity contribution >= 4 is 27.4 Å². The van der Waals surface area contributed by atoms with Crippen LogP contribution < -0.4 is 9.62 Å². The Morgan fingerprint density at radius 1 is 1.55 bits per heavy atom. The Labute approximate surface area is 135 Å². The quantitative estimate of drug-likeness (QED) is 0.886. The van der Waals surface area contributed by atoms with E-state index in [4.69, 9.17) is 11.6 Å². The molecule has 1 unspecified atom stereocenters. The molecule has 0 bridgehead atoms. The van der Waals surface area contributed by atoms with Crippen LogP contribution in [0.5, 0.6) is 0 Å². The fourth-order valence-corrected chi connectivity index (χ4v) is 3.41. The first-order chi connectivity index (χ1) is 10.3. The number of nitrogens with zero attached hydrogens (tertiary/aromatic N) is 2. The summed E-state index contributed by atoms with van der Waals surface area (Å²) >= 11 is 5.72. The van der Waals surface area contributed by atoms with Crippen LogP contribution >= 0.6 is 11.6 Å². The zero-order chi connectivity index (χ0) is 16.3. The maximum Gasteiger partial charge on any atom is 0.213 e. The van der Waals surface area contributed by atoms with E-state index in [9.17, 15) is 12.8 Å². The van der Waals surface area contributed by atoms with Crippen molar-refractivity contribution in [1.29, 1.82) is 0 Å². The van der Waals surface area contributed by atoms with E-state index in [-0.39, 0.29) is 16.8 Å². The first-order valence-electron chi connectivity index (χ1n) is 7.34. The van der Waals surface area contributed by atoms with Gasteiger partial charge in [0.05, 0.1) is 10.3 Å². The van der Waals surface area contributed by atoms with Crippen molar-refractivity contribution in [2.45, 2.75) is 31.9 Å². The number of halogens is 2. The summed E-state index contributed by atoms with van der Waals surface area (Å²) in [6.07, 6.45) is 3.20. The predicted molar refractivity (Wildman–Crippen MR) is 86.2 cm³/mol. The minimum absolute atomic E-state index is 0.138. The molecular weight excluding hydrogens is 329 g/mol. The number of nitrogens with one attached hydrogen (secondary N) is 1. The Morgan fingerprint density at radius 2 is 2.27 bits per heavy atom. The largest absolute Gasteiger partial charge is 0.354 e. The van der Waals surface area contributed by atoms with Crippen molar-refractivity contribution in [3.05, 3.63) is 23.1 Å². The van der Waals surface area contributed by atoms with Gasteiger partial charge in [0, 0.05) is 25.8 Å². The fraction of sp³-hybridized carbons (Fsp3) is 0.643. The molecule has 1 fully saturated rings. The third-order valence-electron chi connectivity index (χ3n) is 3.80. The van der Waals surface area contributed by atoms with Crippen LogP contribution in [0.15, 0.2) is 12.3 Å². The first-order valence-corrected chi connectivity index (χ1v) is 9.26. The lowest BCUT2D eigenvalue weighted by atomic mass is 9.98. The number of hydrogen-bond donors (Lipinski definition) is 1. The van der Waals surface area contributed by atoms with Gasteiger partial charge in [-0.2, -0.15) is 0 Å².